The van der Waals surface area contributed by atoms with Crippen LogP contribution in [0.4, 0.5) is 5.82 Å². The van der Waals surface area contributed by atoms with E-state index in [0.717, 1.165) is 24.5 Å². The maximum Gasteiger partial charge on any atom is 0.230 e. The summed E-state index contributed by atoms with van der Waals surface area (Å²) in [5.41, 5.74) is 3.47. The molecule has 0 aliphatic carbocycles. The third-order valence-electron chi connectivity index (χ3n) is 4.43. The van der Waals surface area contributed by atoms with Gasteiger partial charge in [0.1, 0.15) is 5.82 Å². The summed E-state index contributed by atoms with van der Waals surface area (Å²) >= 11 is 1.59. The Morgan fingerprint density at radius 3 is 2.72 bits per heavy atom. The highest BCUT2D eigenvalue weighted by Gasteiger charge is 2.13. The van der Waals surface area contributed by atoms with Crippen LogP contribution in [0.15, 0.2) is 41.4 Å². The molecule has 1 saturated heterocycles. The van der Waals surface area contributed by atoms with E-state index < -0.39 is 0 Å². The number of nitrogens with one attached hydrogen (secondary N) is 1. The van der Waals surface area contributed by atoms with Crippen LogP contribution in [-0.2, 0) is 11.3 Å². The van der Waals surface area contributed by atoms with E-state index in [9.17, 15) is 4.79 Å². The lowest BCUT2D eigenvalue weighted by atomic mass is 10.2. The van der Waals surface area contributed by atoms with Crippen LogP contribution in [0.2, 0.25) is 0 Å². The van der Waals surface area contributed by atoms with Crippen molar-refractivity contribution in [2.75, 3.05) is 23.7 Å². The maximum atomic E-state index is 12.1. The lowest BCUT2D eigenvalue weighted by Crippen LogP contribution is -2.25. The summed E-state index contributed by atoms with van der Waals surface area (Å²) in [6.45, 7) is 6.87. The molecule has 2 aromatic rings. The van der Waals surface area contributed by atoms with E-state index in [1.165, 1.54) is 28.9 Å². The SMILES string of the molecule is Cc1ccc(C)c(SCC(=O)NCc2ccc(N3CCCC3)nc2)c1. The maximum absolute atomic E-state index is 12.1. The van der Waals surface area contributed by atoms with Gasteiger partial charge in [-0.1, -0.05) is 23.8 Å². The molecule has 0 atom stereocenters. The van der Waals surface area contributed by atoms with Gasteiger partial charge in [0.2, 0.25) is 5.91 Å². The molecular formula is C20H25N3OS. The van der Waals surface area contributed by atoms with E-state index in [-0.39, 0.29) is 5.91 Å². The van der Waals surface area contributed by atoms with Gasteiger partial charge in [-0.25, -0.2) is 4.98 Å². The van der Waals surface area contributed by atoms with Crippen molar-refractivity contribution in [2.24, 2.45) is 0 Å². The molecule has 5 heteroatoms. The van der Waals surface area contributed by atoms with Gasteiger partial charge in [-0.3, -0.25) is 4.79 Å². The molecule has 0 saturated carbocycles. The molecule has 3 rings (SSSR count). The number of carbonyl (C=O) groups excluding carboxylic acids is 1. The molecule has 0 radical (unpaired) electrons. The zero-order chi connectivity index (χ0) is 17.6. The molecule has 0 spiro atoms. The van der Waals surface area contributed by atoms with Crippen LogP contribution in [-0.4, -0.2) is 29.7 Å². The predicted molar refractivity (Wildman–Crippen MR) is 104 cm³/mol. The standard InChI is InChI=1S/C20H25N3OS/c1-15-5-6-16(2)18(11-15)25-14-20(24)22-13-17-7-8-19(21-12-17)23-9-3-4-10-23/h5-8,11-12H,3-4,9-10,13-14H2,1-2H3,(H,22,24). The number of hydrogen-bond donors (Lipinski definition) is 1. The second-order valence-electron chi connectivity index (χ2n) is 6.55. The van der Waals surface area contributed by atoms with E-state index in [1.54, 1.807) is 11.8 Å². The lowest BCUT2D eigenvalue weighted by Gasteiger charge is -2.16. The van der Waals surface area contributed by atoms with Crippen LogP contribution in [0.5, 0.6) is 0 Å². The molecule has 1 aliphatic heterocycles. The van der Waals surface area contributed by atoms with Crippen molar-refractivity contribution in [3.63, 3.8) is 0 Å². The highest BCUT2D eigenvalue weighted by molar-refractivity contribution is 8.00. The first-order chi connectivity index (χ1) is 12.1. The molecule has 4 nitrogen and oxygen atoms in total. The number of benzene rings is 1. The number of rotatable bonds is 6. The average Bonchev–Trinajstić information content (AvgIpc) is 3.16. The van der Waals surface area contributed by atoms with Crippen molar-refractivity contribution >= 4 is 23.5 Å². The van der Waals surface area contributed by atoms with Gasteiger partial charge in [0.15, 0.2) is 0 Å². The van der Waals surface area contributed by atoms with Gasteiger partial charge in [-0.05, 0) is 49.9 Å². The summed E-state index contributed by atoms with van der Waals surface area (Å²) in [5.74, 6) is 1.52. The Morgan fingerprint density at radius 1 is 1.20 bits per heavy atom. The molecule has 1 aliphatic rings. The van der Waals surface area contributed by atoms with E-state index in [1.807, 2.05) is 6.20 Å². The Labute approximate surface area is 154 Å². The van der Waals surface area contributed by atoms with Crippen LogP contribution >= 0.6 is 11.8 Å². The van der Waals surface area contributed by atoms with Gasteiger partial charge < -0.3 is 10.2 Å². The minimum atomic E-state index is 0.0505. The van der Waals surface area contributed by atoms with Gasteiger partial charge in [0, 0.05) is 30.7 Å². The molecule has 2 heterocycles. The van der Waals surface area contributed by atoms with Crippen molar-refractivity contribution in [3.05, 3.63) is 53.2 Å². The van der Waals surface area contributed by atoms with Crippen LogP contribution in [0.3, 0.4) is 0 Å². The number of carbonyl (C=O) groups is 1. The molecular weight excluding hydrogens is 330 g/mol. The fourth-order valence-corrected chi connectivity index (χ4v) is 3.87. The van der Waals surface area contributed by atoms with Gasteiger partial charge >= 0.3 is 0 Å². The Morgan fingerprint density at radius 2 is 2.00 bits per heavy atom. The smallest absolute Gasteiger partial charge is 0.230 e. The molecule has 0 bridgehead atoms. The summed E-state index contributed by atoms with van der Waals surface area (Å²) in [4.78, 5) is 20.1. The summed E-state index contributed by atoms with van der Waals surface area (Å²) in [6.07, 6.45) is 4.36. The number of nitrogens with zero attached hydrogens (tertiary/aromatic N) is 2. The Hall–Kier alpha value is -2.01. The molecule has 1 aromatic carbocycles. The Balaban J connectivity index is 1.46. The zero-order valence-corrected chi connectivity index (χ0v) is 15.7. The highest BCUT2D eigenvalue weighted by Crippen LogP contribution is 2.23. The van der Waals surface area contributed by atoms with Gasteiger partial charge in [-0.2, -0.15) is 0 Å². The second kappa shape index (κ2) is 8.39. The first-order valence-electron chi connectivity index (χ1n) is 8.78. The van der Waals surface area contributed by atoms with Crippen LogP contribution < -0.4 is 10.2 Å². The van der Waals surface area contributed by atoms with Crippen molar-refractivity contribution in [2.45, 2.75) is 38.1 Å². The molecule has 25 heavy (non-hydrogen) atoms. The Kier molecular flexibility index (Phi) is 5.97. The highest BCUT2D eigenvalue weighted by atomic mass is 32.2. The third-order valence-corrected chi connectivity index (χ3v) is 5.59. The number of aromatic nitrogens is 1. The van der Waals surface area contributed by atoms with Crippen molar-refractivity contribution in [1.82, 2.24) is 10.3 Å². The average molecular weight is 356 g/mol. The number of amides is 1. The molecule has 0 unspecified atom stereocenters. The van der Waals surface area contributed by atoms with Crippen LogP contribution in [0, 0.1) is 13.8 Å². The van der Waals surface area contributed by atoms with Crippen LogP contribution in [0.25, 0.3) is 0 Å². The zero-order valence-electron chi connectivity index (χ0n) is 14.9. The normalized spacial score (nSPS) is 13.9. The number of thioether (sulfide) groups is 1. The number of pyridine rings is 1. The van der Waals surface area contributed by atoms with E-state index >= 15 is 0 Å². The number of aryl methyl sites for hydroxylation is 2. The van der Waals surface area contributed by atoms with E-state index in [0.29, 0.717) is 12.3 Å². The number of anilines is 1. The molecule has 1 fully saturated rings. The van der Waals surface area contributed by atoms with Crippen molar-refractivity contribution < 1.29 is 4.79 Å². The fourth-order valence-electron chi connectivity index (χ4n) is 2.91. The minimum absolute atomic E-state index is 0.0505. The van der Waals surface area contributed by atoms with E-state index in [2.05, 4.69) is 59.4 Å². The van der Waals surface area contributed by atoms with Crippen molar-refractivity contribution in [3.8, 4) is 0 Å². The summed E-state index contributed by atoms with van der Waals surface area (Å²) in [6, 6.07) is 10.4. The van der Waals surface area contributed by atoms with E-state index in [4.69, 9.17) is 0 Å². The first kappa shape index (κ1) is 17.8. The quantitative estimate of drug-likeness (QED) is 0.803. The number of hydrogen-bond acceptors (Lipinski definition) is 4. The molecule has 1 amide bonds. The second-order valence-corrected chi connectivity index (χ2v) is 7.57. The first-order valence-corrected chi connectivity index (χ1v) is 9.77. The minimum Gasteiger partial charge on any atom is -0.357 e. The third kappa shape index (κ3) is 4.98. The fraction of sp³-hybridized carbons (Fsp3) is 0.400. The predicted octanol–water partition coefficient (Wildman–Crippen LogP) is 3.71. The van der Waals surface area contributed by atoms with Crippen molar-refractivity contribution in [1.29, 1.82) is 0 Å². The molecule has 1 N–H and O–H groups in total. The van der Waals surface area contributed by atoms with Crippen LogP contribution in [0.1, 0.15) is 29.5 Å². The summed E-state index contributed by atoms with van der Waals surface area (Å²) in [7, 11) is 0. The largest absolute Gasteiger partial charge is 0.357 e. The van der Waals surface area contributed by atoms with Gasteiger partial charge in [0.25, 0.3) is 0 Å². The van der Waals surface area contributed by atoms with Gasteiger partial charge in [0.05, 0.1) is 5.75 Å². The lowest BCUT2D eigenvalue weighted by molar-refractivity contribution is -0.118. The molecule has 1 aromatic heterocycles. The monoisotopic (exact) mass is 355 g/mol. The molecule has 132 valence electrons. The Bertz CT molecular complexity index is 724. The topological polar surface area (TPSA) is 45.2 Å². The van der Waals surface area contributed by atoms with Gasteiger partial charge in [-0.15, -0.1) is 11.8 Å². The summed E-state index contributed by atoms with van der Waals surface area (Å²) in [5, 5.41) is 2.98. The summed E-state index contributed by atoms with van der Waals surface area (Å²) < 4.78 is 0.